The molecule has 4 aliphatic carbocycles. The van der Waals surface area contributed by atoms with E-state index < -0.39 is 59.5 Å². The second-order valence-electron chi connectivity index (χ2n) is 16.2. The number of carbonyl (C=O) groups is 3. The summed E-state index contributed by atoms with van der Waals surface area (Å²) in [6.07, 6.45) is 5.73. The molecule has 2 heterocycles. The summed E-state index contributed by atoms with van der Waals surface area (Å²) < 4.78 is 23.5. The van der Waals surface area contributed by atoms with Crippen molar-refractivity contribution in [3.63, 3.8) is 0 Å². The van der Waals surface area contributed by atoms with Crippen molar-refractivity contribution in [1.29, 1.82) is 0 Å². The monoisotopic (exact) mass is 747 g/mol. The molecule has 2 spiro atoms. The molecule has 10 nitrogen and oxygen atoms in total. The standard InChI is InChI=1S/C34H54INO9/c1-19-16-21(27(30(5,6)41)43-20(2)39)44-28-26(40)34(36)23-9-8-22-29(3,4)24(45-25(17-38)42-15-14-37)10-11-32(22)18-33(23,32)13-12-31(34,7)35(19)28/h14,19,21-25,27-28,38,41H,8-13,15-18,36H2,1-7H3/t19-,21-,22+,23-,24+,25+,27?,28-,31+,32-,33+,34+/m1/s1. The van der Waals surface area contributed by atoms with Crippen molar-refractivity contribution in [2.45, 2.75) is 147 Å². The van der Waals surface area contributed by atoms with Gasteiger partial charge in [-0.25, -0.2) is 0 Å². The van der Waals surface area contributed by atoms with Crippen LogP contribution in [0.5, 0.6) is 0 Å². The number of aliphatic hydroxyl groups is 2. The van der Waals surface area contributed by atoms with Crippen LogP contribution in [-0.2, 0) is 33.3 Å². The van der Waals surface area contributed by atoms with Gasteiger partial charge in [-0.05, 0) is 0 Å². The summed E-state index contributed by atoms with van der Waals surface area (Å²) in [5.74, 6) is 0.0709. The molecule has 4 N–H and O–H groups in total. The van der Waals surface area contributed by atoms with Gasteiger partial charge in [0.15, 0.2) is 0 Å². The van der Waals surface area contributed by atoms with Crippen LogP contribution < -0.4 is 5.73 Å². The van der Waals surface area contributed by atoms with Gasteiger partial charge in [0.1, 0.15) is 6.29 Å². The molecule has 6 fully saturated rings. The van der Waals surface area contributed by atoms with Crippen molar-refractivity contribution in [3.8, 4) is 0 Å². The molecule has 0 bridgehead atoms. The molecule has 11 heteroatoms. The molecule has 0 radical (unpaired) electrons. The zero-order valence-electron chi connectivity index (χ0n) is 28.0. The van der Waals surface area contributed by atoms with Gasteiger partial charge in [0, 0.05) is 0 Å². The zero-order valence-corrected chi connectivity index (χ0v) is 30.1. The quantitative estimate of drug-likeness (QED) is 0.105. The summed E-state index contributed by atoms with van der Waals surface area (Å²) in [6.45, 7) is 13.2. The fourth-order valence-corrected chi connectivity index (χ4v) is 21.6. The van der Waals surface area contributed by atoms with Crippen LogP contribution in [0.4, 0.5) is 0 Å². The van der Waals surface area contributed by atoms with Gasteiger partial charge in [0.2, 0.25) is 0 Å². The van der Waals surface area contributed by atoms with Gasteiger partial charge in [0.05, 0.1) is 0 Å². The number of halogens is 1. The van der Waals surface area contributed by atoms with Crippen LogP contribution in [0.25, 0.3) is 0 Å². The van der Waals surface area contributed by atoms with Crippen LogP contribution in [0.15, 0.2) is 0 Å². The number of fused-ring (bicyclic) bond motifs is 4. The van der Waals surface area contributed by atoms with Crippen molar-refractivity contribution in [2.24, 2.45) is 33.8 Å². The molecule has 2 aliphatic heterocycles. The third-order valence-corrected chi connectivity index (χ3v) is 22.4. The molecule has 0 aromatic carbocycles. The maximum absolute atomic E-state index is 14.8. The number of hydrogen-bond donors (Lipinski definition) is 3. The predicted octanol–water partition coefficient (Wildman–Crippen LogP) is 3.67. The molecule has 0 aromatic heterocycles. The first-order valence-corrected chi connectivity index (χ1v) is 20.4. The van der Waals surface area contributed by atoms with Gasteiger partial charge in [-0.1, -0.05) is 0 Å². The number of hydrogen-bond acceptors (Lipinski definition) is 10. The van der Waals surface area contributed by atoms with E-state index in [1.165, 1.54) is 6.92 Å². The van der Waals surface area contributed by atoms with Gasteiger partial charge in [0.25, 0.3) is 0 Å². The Balaban J connectivity index is 1.27. The van der Waals surface area contributed by atoms with Crippen molar-refractivity contribution < 1.29 is 43.5 Å². The Labute approximate surface area is 274 Å². The minimum atomic E-state index is -2.16. The molecule has 6 aliphatic rings. The first kappa shape index (κ1) is 34.2. The van der Waals surface area contributed by atoms with Crippen molar-refractivity contribution in [1.82, 2.24) is 0 Å². The van der Waals surface area contributed by atoms with Crippen molar-refractivity contribution in [3.05, 3.63) is 0 Å². The van der Waals surface area contributed by atoms with Crippen LogP contribution in [0.1, 0.15) is 99.8 Å². The van der Waals surface area contributed by atoms with E-state index in [0.29, 0.717) is 18.6 Å². The fraction of sp³-hybridized carbons (Fsp3) is 0.912. The molecule has 1 unspecified atom stereocenters. The SMILES string of the molecule is CC(=O)OC([C@H]1C[C@@H](C)I2[C@H](O1)C(=O)[C@@]1(N)[C@@H]3CC[C@H]4C(C)(C)[C@@H](O[C@@H](CO)OCC=O)CC[C@@]45C[C@@]35CC[C@]21C)C(C)(C)O. The van der Waals surface area contributed by atoms with Crippen LogP contribution in [-0.4, -0.2) is 88.7 Å². The summed E-state index contributed by atoms with van der Waals surface area (Å²) in [6, 6.07) is 0. The molecule has 2 saturated heterocycles. The number of nitrogens with two attached hydrogens (primary N) is 1. The van der Waals surface area contributed by atoms with E-state index in [0.717, 1.165) is 44.9 Å². The van der Waals surface area contributed by atoms with Gasteiger partial charge < -0.3 is 4.79 Å². The van der Waals surface area contributed by atoms with Crippen LogP contribution >= 0.6 is 19.8 Å². The van der Waals surface area contributed by atoms with Crippen molar-refractivity contribution >= 4 is 37.9 Å². The Morgan fingerprint density at radius 1 is 1.16 bits per heavy atom. The molecule has 12 atom stereocenters. The second-order valence-corrected chi connectivity index (χ2v) is 23.8. The van der Waals surface area contributed by atoms with E-state index in [9.17, 15) is 24.6 Å². The predicted molar refractivity (Wildman–Crippen MR) is 175 cm³/mol. The molecule has 4 saturated carbocycles. The molecule has 0 aromatic rings. The number of Topliss-reactive ketones (excluding diaryl/α,β-unsaturated/α-hetero) is 1. The number of ether oxygens (including phenoxy) is 4. The summed E-state index contributed by atoms with van der Waals surface area (Å²) >= 11 is -2.16. The van der Waals surface area contributed by atoms with Crippen molar-refractivity contribution in [2.75, 3.05) is 13.2 Å². The third kappa shape index (κ3) is 4.70. The number of aliphatic hydroxyl groups excluding tert-OH is 1. The fourth-order valence-electron chi connectivity index (χ4n) is 11.5. The van der Waals surface area contributed by atoms with E-state index in [2.05, 4.69) is 27.7 Å². The average Bonchev–Trinajstić information content (AvgIpc) is 3.59. The topological polar surface area (TPSA) is 155 Å². The summed E-state index contributed by atoms with van der Waals surface area (Å²) in [5.41, 5.74) is 5.32. The van der Waals surface area contributed by atoms with Gasteiger partial charge >= 0.3 is 264 Å². The first-order valence-electron chi connectivity index (χ1n) is 16.8. The summed E-state index contributed by atoms with van der Waals surface area (Å²) in [5, 5.41) is 20.8. The van der Waals surface area contributed by atoms with E-state index in [1.54, 1.807) is 13.8 Å². The van der Waals surface area contributed by atoms with E-state index >= 15 is 0 Å². The number of carbonyl (C=O) groups excluding carboxylic acids is 3. The average molecular weight is 748 g/mol. The molecule has 256 valence electrons. The minimum absolute atomic E-state index is 0.0211. The van der Waals surface area contributed by atoms with Crippen LogP contribution in [0.2, 0.25) is 0 Å². The Bertz CT molecular complexity index is 1220. The van der Waals surface area contributed by atoms with Crippen LogP contribution in [0, 0.1) is 28.1 Å². The number of esters is 1. The zero-order chi connectivity index (χ0) is 33.0. The van der Waals surface area contributed by atoms with E-state index in [-0.39, 0.29) is 54.6 Å². The van der Waals surface area contributed by atoms with E-state index in [1.807, 2.05) is 0 Å². The summed E-state index contributed by atoms with van der Waals surface area (Å²) in [7, 11) is 0. The second kappa shape index (κ2) is 11.2. The molecular formula is C34H54INO9. The van der Waals surface area contributed by atoms with Crippen LogP contribution in [0.3, 0.4) is 0 Å². The molecule has 45 heavy (non-hydrogen) atoms. The summed E-state index contributed by atoms with van der Waals surface area (Å²) in [4.78, 5) is 37.7. The van der Waals surface area contributed by atoms with E-state index in [4.69, 9.17) is 24.7 Å². The Kier molecular flexibility index (Phi) is 8.48. The Hall–Kier alpha value is -0.700. The van der Waals surface area contributed by atoms with Gasteiger partial charge in [-0.2, -0.15) is 0 Å². The number of ketones is 1. The third-order valence-electron chi connectivity index (χ3n) is 13.3. The van der Waals surface area contributed by atoms with Gasteiger partial charge in [-0.15, -0.1) is 0 Å². The Morgan fingerprint density at radius 3 is 2.44 bits per heavy atom. The number of rotatable bonds is 9. The molecular weight excluding hydrogens is 693 g/mol. The maximum atomic E-state index is 14.8. The molecule has 6 rings (SSSR count). The molecule has 0 amide bonds. The number of alkyl halides is 3. The number of aldehydes is 1. The Morgan fingerprint density at radius 2 is 1.82 bits per heavy atom. The first-order chi connectivity index (χ1) is 20.9. The normalized spacial score (nSPS) is 46.9. The van der Waals surface area contributed by atoms with Gasteiger partial charge in [-0.3, -0.25) is 0 Å².